The highest BCUT2D eigenvalue weighted by atomic mass is 32.2. The third kappa shape index (κ3) is 3.76. The van der Waals surface area contributed by atoms with E-state index in [9.17, 15) is 9.90 Å². The van der Waals surface area contributed by atoms with E-state index in [1.54, 1.807) is 18.2 Å². The van der Waals surface area contributed by atoms with Crippen LogP contribution in [0.2, 0.25) is 0 Å². The summed E-state index contributed by atoms with van der Waals surface area (Å²) in [7, 11) is 0. The molecule has 0 radical (unpaired) electrons. The van der Waals surface area contributed by atoms with Gasteiger partial charge in [-0.25, -0.2) is 0 Å². The van der Waals surface area contributed by atoms with Gasteiger partial charge in [0, 0.05) is 37.0 Å². The Labute approximate surface area is 146 Å². The smallest absolute Gasteiger partial charge is 0.266 e. The number of phenolic OH excluding ortho intramolecular Hbond substituents is 1. The van der Waals surface area contributed by atoms with Gasteiger partial charge in [-0.15, -0.1) is 6.58 Å². The molecule has 1 saturated heterocycles. The van der Waals surface area contributed by atoms with E-state index in [2.05, 4.69) is 25.3 Å². The molecule has 0 bridgehead atoms. The van der Waals surface area contributed by atoms with Crippen LogP contribution in [0.3, 0.4) is 0 Å². The van der Waals surface area contributed by atoms with Crippen molar-refractivity contribution >= 4 is 46.0 Å². The third-order valence-corrected chi connectivity index (χ3v) is 4.99. The van der Waals surface area contributed by atoms with Gasteiger partial charge in [0.2, 0.25) is 0 Å². The molecule has 1 fully saturated rings. The van der Waals surface area contributed by atoms with Crippen molar-refractivity contribution < 1.29 is 9.90 Å². The van der Waals surface area contributed by atoms with Crippen LogP contribution in [-0.4, -0.2) is 39.9 Å². The molecule has 1 N–H and O–H groups in total. The van der Waals surface area contributed by atoms with Gasteiger partial charge < -0.3 is 10.0 Å². The summed E-state index contributed by atoms with van der Waals surface area (Å²) in [5.74, 6) is 0.00973. The Kier molecular flexibility index (Phi) is 5.85. The number of amides is 1. The number of benzene rings is 1. The number of nitrogens with zero attached hydrogens (tertiary/aromatic N) is 2. The third-order valence-electron chi connectivity index (χ3n) is 3.61. The first-order chi connectivity index (χ1) is 11.0. The highest BCUT2D eigenvalue weighted by molar-refractivity contribution is 8.26. The maximum absolute atomic E-state index is 12.3. The fourth-order valence-corrected chi connectivity index (χ4v) is 3.63. The first-order valence-corrected chi connectivity index (χ1v) is 8.68. The summed E-state index contributed by atoms with van der Waals surface area (Å²) in [5.41, 5.74) is 1.57. The molecule has 1 amide bonds. The fourth-order valence-electron chi connectivity index (χ4n) is 2.37. The summed E-state index contributed by atoms with van der Waals surface area (Å²) in [4.78, 5) is 16.5. The first kappa shape index (κ1) is 17.6. The van der Waals surface area contributed by atoms with Crippen LogP contribution in [0.15, 0.2) is 35.8 Å². The zero-order chi connectivity index (χ0) is 17.0. The maximum atomic E-state index is 12.3. The van der Waals surface area contributed by atoms with E-state index in [-0.39, 0.29) is 11.7 Å². The van der Waals surface area contributed by atoms with Gasteiger partial charge >= 0.3 is 0 Å². The molecule has 23 heavy (non-hydrogen) atoms. The minimum Gasteiger partial charge on any atom is -0.507 e. The van der Waals surface area contributed by atoms with E-state index in [4.69, 9.17) is 12.2 Å². The van der Waals surface area contributed by atoms with Crippen molar-refractivity contribution in [2.24, 2.45) is 0 Å². The number of aromatic hydroxyl groups is 1. The van der Waals surface area contributed by atoms with Gasteiger partial charge in [-0.2, -0.15) is 0 Å². The Morgan fingerprint density at radius 1 is 1.39 bits per heavy atom. The molecule has 1 heterocycles. The van der Waals surface area contributed by atoms with Crippen molar-refractivity contribution in [3.8, 4) is 5.75 Å². The molecular weight excluding hydrogens is 328 g/mol. The van der Waals surface area contributed by atoms with Crippen molar-refractivity contribution in [3.05, 3.63) is 41.3 Å². The van der Waals surface area contributed by atoms with Crippen LogP contribution < -0.4 is 4.90 Å². The van der Waals surface area contributed by atoms with Crippen LogP contribution in [0.4, 0.5) is 5.69 Å². The molecule has 1 aliphatic heterocycles. The lowest BCUT2D eigenvalue weighted by molar-refractivity contribution is -0.121. The van der Waals surface area contributed by atoms with E-state index in [1.807, 2.05) is 12.1 Å². The van der Waals surface area contributed by atoms with E-state index in [1.165, 1.54) is 16.7 Å². The minimum absolute atomic E-state index is 0.146. The molecule has 0 unspecified atom stereocenters. The van der Waals surface area contributed by atoms with Gasteiger partial charge in [-0.1, -0.05) is 30.1 Å². The Balaban J connectivity index is 2.28. The second-order valence-corrected chi connectivity index (χ2v) is 6.67. The lowest BCUT2D eigenvalue weighted by atomic mass is 10.1. The highest BCUT2D eigenvalue weighted by Crippen LogP contribution is 2.34. The predicted octanol–water partition coefficient (Wildman–Crippen LogP) is 3.63. The molecule has 0 aromatic heterocycles. The monoisotopic (exact) mass is 348 g/mol. The molecule has 4 nitrogen and oxygen atoms in total. The maximum Gasteiger partial charge on any atom is 0.266 e. The molecule has 0 aliphatic carbocycles. The Bertz CT molecular complexity index is 667. The van der Waals surface area contributed by atoms with Crippen LogP contribution in [0.5, 0.6) is 5.75 Å². The number of hydrogen-bond donors (Lipinski definition) is 1. The van der Waals surface area contributed by atoms with Crippen molar-refractivity contribution in [1.82, 2.24) is 4.90 Å². The molecule has 1 aromatic carbocycles. The van der Waals surface area contributed by atoms with Gasteiger partial charge in [0.1, 0.15) is 10.1 Å². The molecule has 122 valence electrons. The molecule has 0 saturated carbocycles. The number of anilines is 1. The number of rotatable bonds is 6. The molecule has 0 atom stereocenters. The lowest BCUT2D eigenvalue weighted by Crippen LogP contribution is -2.27. The van der Waals surface area contributed by atoms with Crippen LogP contribution in [-0.2, 0) is 4.79 Å². The largest absolute Gasteiger partial charge is 0.507 e. The first-order valence-electron chi connectivity index (χ1n) is 7.46. The molecule has 6 heteroatoms. The fraction of sp³-hybridized carbons (Fsp3) is 0.294. The van der Waals surface area contributed by atoms with E-state index >= 15 is 0 Å². The summed E-state index contributed by atoms with van der Waals surface area (Å²) in [6.07, 6.45) is 3.33. The normalized spacial score (nSPS) is 16.3. The summed E-state index contributed by atoms with van der Waals surface area (Å²) < 4.78 is 0.514. The topological polar surface area (TPSA) is 43.8 Å². The van der Waals surface area contributed by atoms with E-state index in [0.29, 0.717) is 21.3 Å². The number of carbonyl (C=O) groups is 1. The second-order valence-electron chi connectivity index (χ2n) is 5.00. The Hall–Kier alpha value is -1.79. The minimum atomic E-state index is -0.146. The van der Waals surface area contributed by atoms with Gasteiger partial charge in [-0.05, 0) is 32.1 Å². The van der Waals surface area contributed by atoms with Gasteiger partial charge in [0.15, 0.2) is 0 Å². The average molecular weight is 348 g/mol. The summed E-state index contributed by atoms with van der Waals surface area (Å²) in [6.45, 7) is 9.91. The summed E-state index contributed by atoms with van der Waals surface area (Å²) >= 11 is 6.45. The number of phenols is 1. The summed E-state index contributed by atoms with van der Waals surface area (Å²) in [5, 5.41) is 10.3. The van der Waals surface area contributed by atoms with Crippen molar-refractivity contribution in [1.29, 1.82) is 0 Å². The van der Waals surface area contributed by atoms with Crippen LogP contribution in [0.1, 0.15) is 19.4 Å². The second kappa shape index (κ2) is 7.66. The van der Waals surface area contributed by atoms with Crippen LogP contribution in [0.25, 0.3) is 6.08 Å². The molecule has 1 aromatic rings. The zero-order valence-electron chi connectivity index (χ0n) is 13.3. The van der Waals surface area contributed by atoms with Gasteiger partial charge in [-0.3, -0.25) is 9.69 Å². The molecule has 1 aliphatic rings. The van der Waals surface area contributed by atoms with Crippen molar-refractivity contribution in [2.75, 3.05) is 24.5 Å². The van der Waals surface area contributed by atoms with Crippen molar-refractivity contribution in [3.63, 3.8) is 0 Å². The highest BCUT2D eigenvalue weighted by Gasteiger charge is 2.31. The Morgan fingerprint density at radius 3 is 2.65 bits per heavy atom. The predicted molar refractivity (Wildman–Crippen MR) is 102 cm³/mol. The average Bonchev–Trinajstić information content (AvgIpc) is 2.79. The number of thiocarbonyl (C=S) groups is 1. The van der Waals surface area contributed by atoms with Crippen LogP contribution >= 0.6 is 24.0 Å². The lowest BCUT2D eigenvalue weighted by Gasteiger charge is -2.21. The van der Waals surface area contributed by atoms with Gasteiger partial charge in [0.25, 0.3) is 5.91 Å². The number of carbonyl (C=O) groups excluding carboxylic acids is 1. The standard InChI is InChI=1S/C17H20N2O2S2/c1-4-9-19-16(21)15(23-17(19)22)10-12-7-8-13(11-14(12)20)18(5-2)6-3/h4,7-8,10-11,20H,1,5-6,9H2,2-3H3. The number of hydrogen-bond acceptors (Lipinski definition) is 5. The zero-order valence-corrected chi connectivity index (χ0v) is 14.9. The molecule has 2 rings (SSSR count). The number of thioether (sulfide) groups is 1. The van der Waals surface area contributed by atoms with Crippen LogP contribution in [0, 0.1) is 0 Å². The van der Waals surface area contributed by atoms with E-state index < -0.39 is 0 Å². The molecule has 0 spiro atoms. The summed E-state index contributed by atoms with van der Waals surface area (Å²) in [6, 6.07) is 5.50. The van der Waals surface area contributed by atoms with E-state index in [0.717, 1.165) is 18.8 Å². The van der Waals surface area contributed by atoms with Gasteiger partial charge in [0.05, 0.1) is 4.91 Å². The SMILES string of the molecule is C=CCN1C(=O)C(=Cc2ccc(N(CC)CC)cc2O)SC1=S. The van der Waals surface area contributed by atoms with Crippen molar-refractivity contribution in [2.45, 2.75) is 13.8 Å². The quantitative estimate of drug-likeness (QED) is 0.483. The molecular formula is C17H20N2O2S2. The Morgan fingerprint density at radius 2 is 2.09 bits per heavy atom.